The minimum Gasteiger partial charge on any atom is -0.192 e. The van der Waals surface area contributed by atoms with E-state index < -0.39 is 0 Å². The van der Waals surface area contributed by atoms with Crippen molar-refractivity contribution in [2.45, 2.75) is 0 Å². The highest BCUT2D eigenvalue weighted by molar-refractivity contribution is 6.37. The zero-order chi connectivity index (χ0) is 13.4. The first-order valence-corrected chi connectivity index (χ1v) is 5.74. The highest BCUT2D eigenvalue weighted by Crippen LogP contribution is 2.25. The van der Waals surface area contributed by atoms with Crippen molar-refractivity contribution in [3.05, 3.63) is 63.7 Å². The van der Waals surface area contributed by atoms with E-state index in [-0.39, 0.29) is 5.57 Å². The molecule has 0 aliphatic heterocycles. The molecule has 1 aromatic rings. The first kappa shape index (κ1) is 14.1. The maximum absolute atomic E-state index is 8.51. The number of benzene rings is 1. The summed E-state index contributed by atoms with van der Waals surface area (Å²) in [7, 11) is 0. The Balaban J connectivity index is 2.79. The van der Waals surface area contributed by atoms with E-state index in [2.05, 4.69) is 0 Å². The van der Waals surface area contributed by atoms with Gasteiger partial charge in [-0.25, -0.2) is 0 Å². The van der Waals surface area contributed by atoms with Crippen molar-refractivity contribution in [1.82, 2.24) is 0 Å². The third-order valence-electron chi connectivity index (χ3n) is 1.99. The Morgan fingerprint density at radius 1 is 1.00 bits per heavy atom. The molecule has 0 heterocycles. The predicted octanol–water partition coefficient (Wildman–Crippen LogP) is 4.54. The largest absolute Gasteiger partial charge is 0.192 e. The Kier molecular flexibility index (Phi) is 5.74. The monoisotopic (exact) mass is 274 g/mol. The van der Waals surface area contributed by atoms with E-state index in [0.29, 0.717) is 10.0 Å². The summed E-state index contributed by atoms with van der Waals surface area (Å²) in [5.41, 5.74) is 0.783. The van der Waals surface area contributed by atoms with Crippen molar-refractivity contribution in [2.75, 3.05) is 0 Å². The number of hydrogen-bond acceptors (Lipinski definition) is 2. The molecule has 88 valence electrons. The highest BCUT2D eigenvalue weighted by Gasteiger charge is 1.99. The quantitative estimate of drug-likeness (QED) is 0.600. The van der Waals surface area contributed by atoms with Crippen LogP contribution in [-0.2, 0) is 0 Å². The molecule has 0 saturated carbocycles. The van der Waals surface area contributed by atoms with Crippen LogP contribution in [0.5, 0.6) is 0 Å². The van der Waals surface area contributed by atoms with Crippen LogP contribution >= 0.6 is 23.2 Å². The van der Waals surface area contributed by atoms with Crippen molar-refractivity contribution in [3.8, 4) is 12.1 Å². The lowest BCUT2D eigenvalue weighted by Gasteiger charge is -1.99. The Morgan fingerprint density at radius 3 is 2.17 bits per heavy atom. The molecule has 0 aromatic heterocycles. The van der Waals surface area contributed by atoms with Gasteiger partial charge in [0.1, 0.15) is 17.7 Å². The van der Waals surface area contributed by atoms with Gasteiger partial charge in [-0.15, -0.1) is 0 Å². The summed E-state index contributed by atoms with van der Waals surface area (Å²) in [5.74, 6) is 0. The molecule has 0 bridgehead atoms. The number of halogens is 2. The van der Waals surface area contributed by atoms with E-state index in [4.69, 9.17) is 33.7 Å². The molecule has 1 rings (SSSR count). The van der Waals surface area contributed by atoms with Gasteiger partial charge in [0.15, 0.2) is 0 Å². The fourth-order valence-corrected chi connectivity index (χ4v) is 1.66. The molecular formula is C14H8Cl2N2. The number of hydrogen-bond donors (Lipinski definition) is 0. The smallest absolute Gasteiger partial charge is 0.129 e. The third kappa shape index (κ3) is 4.11. The van der Waals surface area contributed by atoms with Crippen LogP contribution in [0, 0.1) is 22.7 Å². The lowest BCUT2D eigenvalue weighted by atomic mass is 10.2. The summed E-state index contributed by atoms with van der Waals surface area (Å²) in [6.07, 6.45) is 8.21. The second-order valence-corrected chi connectivity index (χ2v) is 4.00. The van der Waals surface area contributed by atoms with Gasteiger partial charge in [0.2, 0.25) is 0 Å². The molecule has 18 heavy (non-hydrogen) atoms. The summed E-state index contributed by atoms with van der Waals surface area (Å²) in [5, 5.41) is 18.1. The minimum atomic E-state index is 0.0513. The molecule has 0 saturated heterocycles. The average Bonchev–Trinajstić information content (AvgIpc) is 2.37. The second kappa shape index (κ2) is 7.35. The molecule has 0 N–H and O–H groups in total. The highest BCUT2D eigenvalue weighted by atomic mass is 35.5. The Hall–Kier alpha value is -2.00. The molecule has 2 nitrogen and oxygen atoms in total. The van der Waals surface area contributed by atoms with Crippen LogP contribution in [0.15, 0.2) is 48.1 Å². The van der Waals surface area contributed by atoms with Crippen LogP contribution in [-0.4, -0.2) is 0 Å². The van der Waals surface area contributed by atoms with Crippen LogP contribution in [0.4, 0.5) is 0 Å². The lowest BCUT2D eigenvalue weighted by Crippen LogP contribution is -1.76. The molecule has 1 aromatic carbocycles. The van der Waals surface area contributed by atoms with E-state index in [9.17, 15) is 0 Å². The van der Waals surface area contributed by atoms with Crippen molar-refractivity contribution in [1.29, 1.82) is 10.5 Å². The fourth-order valence-electron chi connectivity index (χ4n) is 1.14. The maximum Gasteiger partial charge on any atom is 0.129 e. The number of rotatable bonds is 3. The van der Waals surface area contributed by atoms with Crippen LogP contribution in [0.25, 0.3) is 6.08 Å². The van der Waals surface area contributed by atoms with E-state index in [1.807, 2.05) is 0 Å². The van der Waals surface area contributed by atoms with Gasteiger partial charge in [0, 0.05) is 15.6 Å². The van der Waals surface area contributed by atoms with Gasteiger partial charge in [-0.3, -0.25) is 0 Å². The summed E-state index contributed by atoms with van der Waals surface area (Å²) in [6.45, 7) is 0. The Bertz CT molecular complexity index is 563. The predicted molar refractivity (Wildman–Crippen MR) is 73.9 cm³/mol. The molecule has 0 unspecified atom stereocenters. The van der Waals surface area contributed by atoms with Gasteiger partial charge >= 0.3 is 0 Å². The third-order valence-corrected chi connectivity index (χ3v) is 2.65. The topological polar surface area (TPSA) is 47.6 Å². The summed E-state index contributed by atoms with van der Waals surface area (Å²) in [4.78, 5) is 0. The van der Waals surface area contributed by atoms with Crippen molar-refractivity contribution in [2.24, 2.45) is 0 Å². The Morgan fingerprint density at radius 2 is 1.61 bits per heavy atom. The van der Waals surface area contributed by atoms with Gasteiger partial charge < -0.3 is 0 Å². The van der Waals surface area contributed by atoms with Gasteiger partial charge in [0.25, 0.3) is 0 Å². The van der Waals surface area contributed by atoms with Gasteiger partial charge in [-0.05, 0) is 18.2 Å². The van der Waals surface area contributed by atoms with Gasteiger partial charge in [0.05, 0.1) is 0 Å². The normalized spacial score (nSPS) is 10.2. The van der Waals surface area contributed by atoms with Gasteiger partial charge in [-0.1, -0.05) is 53.6 Å². The minimum absolute atomic E-state index is 0.0513. The van der Waals surface area contributed by atoms with Crippen LogP contribution in [0.2, 0.25) is 10.0 Å². The Labute approximate surface area is 116 Å². The van der Waals surface area contributed by atoms with Crippen LogP contribution in [0.1, 0.15) is 5.56 Å². The summed E-state index contributed by atoms with van der Waals surface area (Å²) < 4.78 is 0. The number of allylic oxidation sites excluding steroid dienone is 5. The van der Waals surface area contributed by atoms with Crippen molar-refractivity contribution in [3.63, 3.8) is 0 Å². The second-order valence-electron chi connectivity index (χ2n) is 3.18. The van der Waals surface area contributed by atoms with E-state index in [0.717, 1.165) is 5.56 Å². The average molecular weight is 275 g/mol. The number of nitriles is 2. The first-order valence-electron chi connectivity index (χ1n) is 4.98. The van der Waals surface area contributed by atoms with E-state index in [1.54, 1.807) is 54.6 Å². The maximum atomic E-state index is 8.51. The van der Waals surface area contributed by atoms with Gasteiger partial charge in [-0.2, -0.15) is 10.5 Å². The van der Waals surface area contributed by atoms with Crippen molar-refractivity contribution >= 4 is 29.3 Å². The van der Waals surface area contributed by atoms with Crippen molar-refractivity contribution < 1.29 is 0 Å². The standard InChI is InChI=1S/C14H8Cl2N2/c15-13-7-4-8-14(16)12(13)6-3-1-2-5-11(9-17)10-18/h1-8H. The van der Waals surface area contributed by atoms with E-state index in [1.165, 1.54) is 6.08 Å². The molecular weight excluding hydrogens is 267 g/mol. The lowest BCUT2D eigenvalue weighted by molar-refractivity contribution is 1.46. The SMILES string of the molecule is N#CC(C#N)=CC=CC=Cc1c(Cl)cccc1Cl. The molecule has 0 aliphatic rings. The molecule has 0 radical (unpaired) electrons. The van der Waals surface area contributed by atoms with Crippen LogP contribution < -0.4 is 0 Å². The first-order chi connectivity index (χ1) is 8.69. The molecule has 0 spiro atoms. The molecule has 0 amide bonds. The molecule has 0 fully saturated rings. The zero-order valence-electron chi connectivity index (χ0n) is 9.27. The summed E-state index contributed by atoms with van der Waals surface area (Å²) >= 11 is 12.0. The van der Waals surface area contributed by atoms with Crippen LogP contribution in [0.3, 0.4) is 0 Å². The molecule has 0 atom stereocenters. The zero-order valence-corrected chi connectivity index (χ0v) is 10.8. The summed E-state index contributed by atoms with van der Waals surface area (Å²) in [6, 6.07) is 8.79. The molecule has 4 heteroatoms. The van der Waals surface area contributed by atoms with E-state index >= 15 is 0 Å². The molecule has 0 aliphatic carbocycles. The number of nitrogens with zero attached hydrogens (tertiary/aromatic N) is 2. The fraction of sp³-hybridized carbons (Fsp3) is 0.